The molecule has 19 heavy (non-hydrogen) atoms. The van der Waals surface area contributed by atoms with Crippen LogP contribution < -0.4 is 5.73 Å². The summed E-state index contributed by atoms with van der Waals surface area (Å²) in [5.74, 6) is -0.0198. The van der Waals surface area contributed by atoms with E-state index in [0.29, 0.717) is 16.4 Å². The molecule has 100 valence electrons. The fraction of sp³-hybridized carbons (Fsp3) is 0.167. The number of nitrogens with one attached hydrogen (secondary N) is 1. The van der Waals surface area contributed by atoms with Crippen LogP contribution in [-0.4, -0.2) is 21.9 Å². The molecule has 0 saturated heterocycles. The molecule has 1 aliphatic heterocycles. The van der Waals surface area contributed by atoms with Crippen LogP contribution in [0.25, 0.3) is 5.57 Å². The molecule has 7 heteroatoms. The first-order valence-electron chi connectivity index (χ1n) is 5.44. The molecule has 1 unspecified atom stereocenters. The minimum atomic E-state index is -0.224. The van der Waals surface area contributed by atoms with Gasteiger partial charge in [-0.25, -0.2) is 4.99 Å². The summed E-state index contributed by atoms with van der Waals surface area (Å²) in [5, 5.41) is 11.5. The van der Waals surface area contributed by atoms with E-state index in [4.69, 9.17) is 11.1 Å². The Hall–Kier alpha value is -1.47. The van der Waals surface area contributed by atoms with E-state index in [1.54, 1.807) is 6.92 Å². The number of halogens is 2. The second kappa shape index (κ2) is 5.66. The molecule has 0 amide bonds. The van der Waals surface area contributed by atoms with Gasteiger partial charge in [0.15, 0.2) is 5.82 Å². The molecular formula is C12H12BrFN4S. The third-order valence-electron chi connectivity index (χ3n) is 2.63. The fourth-order valence-electron chi connectivity index (χ4n) is 1.59. The SMILES string of the molecule is CC1=N/C(=C(\C=N)c2ccsc2)N(F)C(N)=CC1Br. The van der Waals surface area contributed by atoms with Gasteiger partial charge in [0, 0.05) is 17.5 Å². The average Bonchev–Trinajstić information content (AvgIpc) is 2.88. The van der Waals surface area contributed by atoms with Crippen molar-refractivity contribution in [1.29, 1.82) is 5.41 Å². The van der Waals surface area contributed by atoms with Crippen LogP contribution in [0.5, 0.6) is 0 Å². The molecule has 1 atom stereocenters. The number of hydrogen-bond acceptors (Lipinski definition) is 5. The summed E-state index contributed by atoms with van der Waals surface area (Å²) in [6, 6.07) is 1.81. The van der Waals surface area contributed by atoms with Gasteiger partial charge in [0.2, 0.25) is 0 Å². The lowest BCUT2D eigenvalue weighted by Gasteiger charge is -2.15. The molecule has 2 rings (SSSR count). The maximum atomic E-state index is 14.2. The number of nitrogens with two attached hydrogens (primary N) is 1. The lowest BCUT2D eigenvalue weighted by Crippen LogP contribution is -2.19. The highest BCUT2D eigenvalue weighted by Crippen LogP contribution is 2.28. The highest BCUT2D eigenvalue weighted by Gasteiger charge is 2.22. The van der Waals surface area contributed by atoms with Crippen LogP contribution in [0.2, 0.25) is 0 Å². The Morgan fingerprint density at radius 3 is 3.00 bits per heavy atom. The van der Waals surface area contributed by atoms with Gasteiger partial charge >= 0.3 is 0 Å². The van der Waals surface area contributed by atoms with Crippen molar-refractivity contribution < 1.29 is 4.48 Å². The molecule has 0 aromatic carbocycles. The van der Waals surface area contributed by atoms with Crippen molar-refractivity contribution in [3.63, 3.8) is 0 Å². The molecule has 4 nitrogen and oxygen atoms in total. The fourth-order valence-corrected chi connectivity index (χ4v) is 2.62. The Morgan fingerprint density at radius 2 is 2.42 bits per heavy atom. The van der Waals surface area contributed by atoms with Crippen LogP contribution in [-0.2, 0) is 0 Å². The Labute approximate surface area is 122 Å². The molecule has 0 fully saturated rings. The van der Waals surface area contributed by atoms with Gasteiger partial charge in [-0.3, -0.25) is 0 Å². The maximum absolute atomic E-state index is 14.2. The Kier molecular flexibility index (Phi) is 4.16. The van der Waals surface area contributed by atoms with Crippen molar-refractivity contribution >= 4 is 44.8 Å². The Morgan fingerprint density at radius 1 is 1.68 bits per heavy atom. The first-order chi connectivity index (χ1) is 9.04. The van der Waals surface area contributed by atoms with Crippen LogP contribution in [0.1, 0.15) is 12.5 Å². The molecular weight excluding hydrogens is 331 g/mol. The van der Waals surface area contributed by atoms with Crippen LogP contribution in [0, 0.1) is 5.41 Å². The molecule has 3 N–H and O–H groups in total. The van der Waals surface area contributed by atoms with Crippen molar-refractivity contribution in [1.82, 2.24) is 5.12 Å². The number of nitrogens with zero attached hydrogens (tertiary/aromatic N) is 2. The van der Waals surface area contributed by atoms with Crippen LogP contribution in [0.15, 0.2) is 39.5 Å². The van der Waals surface area contributed by atoms with Crippen LogP contribution >= 0.6 is 27.3 Å². The van der Waals surface area contributed by atoms with Crippen LogP contribution in [0.3, 0.4) is 0 Å². The summed E-state index contributed by atoms with van der Waals surface area (Å²) in [6.45, 7) is 1.78. The van der Waals surface area contributed by atoms with Crippen molar-refractivity contribution in [2.24, 2.45) is 10.7 Å². The zero-order valence-electron chi connectivity index (χ0n) is 10.1. The van der Waals surface area contributed by atoms with Crippen LogP contribution in [0.4, 0.5) is 4.48 Å². The van der Waals surface area contributed by atoms with E-state index < -0.39 is 0 Å². The summed E-state index contributed by atoms with van der Waals surface area (Å²) in [4.78, 5) is 4.01. The van der Waals surface area contributed by atoms with Gasteiger partial charge in [0.1, 0.15) is 5.82 Å². The van der Waals surface area contributed by atoms with Crippen molar-refractivity contribution in [2.45, 2.75) is 11.8 Å². The van der Waals surface area contributed by atoms with E-state index in [1.807, 2.05) is 16.8 Å². The monoisotopic (exact) mass is 342 g/mol. The van der Waals surface area contributed by atoms with Crippen molar-refractivity contribution in [3.05, 3.63) is 40.1 Å². The molecule has 1 aromatic rings. The van der Waals surface area contributed by atoms with Gasteiger partial charge in [-0.2, -0.15) is 11.3 Å². The number of aliphatic imine (C=N–C) groups is 1. The lowest BCUT2D eigenvalue weighted by molar-refractivity contribution is 0.116. The minimum absolute atomic E-state index is 0.0293. The number of allylic oxidation sites excluding steroid dienone is 2. The summed E-state index contributed by atoms with van der Waals surface area (Å²) in [7, 11) is 0. The molecule has 0 saturated carbocycles. The predicted molar refractivity (Wildman–Crippen MR) is 81.1 cm³/mol. The van der Waals surface area contributed by atoms with E-state index in [-0.39, 0.29) is 16.5 Å². The predicted octanol–water partition coefficient (Wildman–Crippen LogP) is 3.29. The Balaban J connectivity index is 2.63. The number of alkyl halides is 1. The Bertz CT molecular complexity index is 577. The van der Waals surface area contributed by atoms with Gasteiger partial charge in [-0.1, -0.05) is 20.4 Å². The molecule has 0 bridgehead atoms. The standard InChI is InChI=1S/C12H12BrFN4S/c1-7-10(13)4-11(16)18(14)12(17-7)9(5-15)8-2-3-19-6-8/h2-6,10,15H,16H2,1H3/b12-9-,15-5?. The van der Waals surface area contributed by atoms with E-state index >= 15 is 0 Å². The van der Waals surface area contributed by atoms with E-state index in [2.05, 4.69) is 20.9 Å². The summed E-state index contributed by atoms with van der Waals surface area (Å²) in [6.07, 6.45) is 2.61. The van der Waals surface area contributed by atoms with Crippen molar-refractivity contribution in [2.75, 3.05) is 0 Å². The molecule has 0 aliphatic carbocycles. The molecule has 2 heterocycles. The number of thiophene rings is 1. The zero-order valence-corrected chi connectivity index (χ0v) is 12.5. The van der Waals surface area contributed by atoms with E-state index in [1.165, 1.54) is 17.4 Å². The summed E-state index contributed by atoms with van der Waals surface area (Å²) < 4.78 is 14.2. The highest BCUT2D eigenvalue weighted by atomic mass is 79.9. The maximum Gasteiger partial charge on any atom is 0.174 e. The largest absolute Gasteiger partial charge is 0.383 e. The van der Waals surface area contributed by atoms with E-state index in [0.717, 1.165) is 11.8 Å². The molecule has 0 spiro atoms. The topological polar surface area (TPSA) is 65.5 Å². The molecule has 0 radical (unpaired) electrons. The van der Waals surface area contributed by atoms with Crippen molar-refractivity contribution in [3.8, 4) is 0 Å². The second-order valence-corrected chi connectivity index (χ2v) is 5.69. The lowest BCUT2D eigenvalue weighted by atomic mass is 10.1. The quantitative estimate of drug-likeness (QED) is 0.492. The van der Waals surface area contributed by atoms with E-state index in [9.17, 15) is 4.48 Å². The average molecular weight is 343 g/mol. The molecule has 1 aliphatic rings. The van der Waals surface area contributed by atoms with Gasteiger partial charge in [0.25, 0.3) is 0 Å². The number of hydrogen-bond donors (Lipinski definition) is 2. The summed E-state index contributed by atoms with van der Waals surface area (Å²) >= 11 is 4.83. The second-order valence-electron chi connectivity index (χ2n) is 3.92. The van der Waals surface area contributed by atoms with Gasteiger partial charge in [-0.05, 0) is 35.4 Å². The summed E-state index contributed by atoms with van der Waals surface area (Å²) in [5.41, 5.74) is 7.48. The highest BCUT2D eigenvalue weighted by molar-refractivity contribution is 9.10. The van der Waals surface area contributed by atoms with Gasteiger partial charge < -0.3 is 11.1 Å². The third-order valence-corrected chi connectivity index (χ3v) is 4.24. The number of rotatable bonds is 2. The molecule has 1 aromatic heterocycles. The zero-order chi connectivity index (χ0) is 14.0. The third kappa shape index (κ3) is 2.76. The first-order valence-corrected chi connectivity index (χ1v) is 7.30. The van der Waals surface area contributed by atoms with Gasteiger partial charge in [-0.15, -0.1) is 5.12 Å². The minimum Gasteiger partial charge on any atom is -0.383 e. The smallest absolute Gasteiger partial charge is 0.174 e. The normalized spacial score (nSPS) is 22.5. The first kappa shape index (κ1) is 14.0. The van der Waals surface area contributed by atoms with Gasteiger partial charge in [0.05, 0.1) is 4.83 Å².